The Morgan fingerprint density at radius 1 is 1.09 bits per heavy atom. The van der Waals surface area contributed by atoms with Crippen LogP contribution in [0, 0.1) is 6.92 Å². The molecule has 0 spiro atoms. The van der Waals surface area contributed by atoms with Gasteiger partial charge in [-0.05, 0) is 43.3 Å². The zero-order valence-corrected chi connectivity index (χ0v) is 13.9. The second-order valence-electron chi connectivity index (χ2n) is 4.63. The lowest BCUT2D eigenvalue weighted by atomic mass is 10.1. The molecule has 0 radical (unpaired) electrons. The van der Waals surface area contributed by atoms with Crippen LogP contribution in [-0.4, -0.2) is 22.3 Å². The van der Waals surface area contributed by atoms with Gasteiger partial charge in [0.05, 0.1) is 23.5 Å². The number of thiazole rings is 1. The Morgan fingerprint density at radius 3 is 2.50 bits per heavy atom. The highest BCUT2D eigenvalue weighted by molar-refractivity contribution is 7.98. The number of hydrogen-bond acceptors (Lipinski definition) is 6. The summed E-state index contributed by atoms with van der Waals surface area (Å²) < 4.78 is 5.16. The van der Waals surface area contributed by atoms with E-state index in [0.29, 0.717) is 0 Å². The van der Waals surface area contributed by atoms with Gasteiger partial charge in [-0.3, -0.25) is 0 Å². The minimum atomic E-state index is 0.820. The van der Waals surface area contributed by atoms with Crippen molar-refractivity contribution in [3.63, 3.8) is 0 Å². The first-order valence-corrected chi connectivity index (χ1v) is 8.63. The van der Waals surface area contributed by atoms with Crippen molar-refractivity contribution in [2.24, 2.45) is 0 Å². The summed E-state index contributed by atoms with van der Waals surface area (Å²) in [4.78, 5) is 4.44. The molecule has 1 aromatic carbocycles. The number of ether oxygens (including phenoxy) is 1. The summed E-state index contributed by atoms with van der Waals surface area (Å²) in [5, 5.41) is 12.7. The van der Waals surface area contributed by atoms with Crippen molar-refractivity contribution >= 4 is 23.1 Å². The van der Waals surface area contributed by atoms with Gasteiger partial charge in [0.15, 0.2) is 0 Å². The van der Waals surface area contributed by atoms with Crippen molar-refractivity contribution < 1.29 is 4.74 Å². The van der Waals surface area contributed by atoms with Gasteiger partial charge in [-0.15, -0.1) is 21.5 Å². The fourth-order valence-electron chi connectivity index (χ4n) is 1.94. The molecule has 22 heavy (non-hydrogen) atoms. The van der Waals surface area contributed by atoms with Crippen LogP contribution in [0.3, 0.4) is 0 Å². The van der Waals surface area contributed by atoms with E-state index in [1.165, 1.54) is 0 Å². The highest BCUT2D eigenvalue weighted by Gasteiger charge is 2.04. The van der Waals surface area contributed by atoms with Crippen molar-refractivity contribution in [3.05, 3.63) is 52.5 Å². The van der Waals surface area contributed by atoms with E-state index in [-0.39, 0.29) is 0 Å². The van der Waals surface area contributed by atoms with Crippen molar-refractivity contribution in [1.29, 1.82) is 0 Å². The van der Waals surface area contributed by atoms with Gasteiger partial charge in [0, 0.05) is 16.7 Å². The highest BCUT2D eigenvalue weighted by atomic mass is 32.2. The molecule has 0 saturated carbocycles. The van der Waals surface area contributed by atoms with Crippen LogP contribution in [0.15, 0.2) is 46.8 Å². The molecule has 0 aliphatic carbocycles. The Bertz CT molecular complexity index is 739. The Labute approximate surface area is 137 Å². The molecule has 0 unspecified atom stereocenters. The smallest absolute Gasteiger partial charge is 0.119 e. The van der Waals surface area contributed by atoms with Crippen LogP contribution in [0.2, 0.25) is 0 Å². The Balaban J connectivity index is 1.66. The van der Waals surface area contributed by atoms with Crippen LogP contribution in [0.5, 0.6) is 5.75 Å². The van der Waals surface area contributed by atoms with E-state index in [1.54, 1.807) is 30.2 Å². The van der Waals surface area contributed by atoms with Gasteiger partial charge in [-0.2, -0.15) is 0 Å². The number of methoxy groups -OCH3 is 1. The summed E-state index contributed by atoms with van der Waals surface area (Å²) in [7, 11) is 1.66. The minimum Gasteiger partial charge on any atom is -0.497 e. The SMILES string of the molecule is COc1ccc(-c2ccc(SCc3csc(C)n3)nn2)cc1. The maximum Gasteiger partial charge on any atom is 0.119 e. The van der Waals surface area contributed by atoms with Gasteiger partial charge in [0.1, 0.15) is 10.8 Å². The van der Waals surface area contributed by atoms with Crippen molar-refractivity contribution in [2.45, 2.75) is 17.7 Å². The summed E-state index contributed by atoms with van der Waals surface area (Å²) in [6.45, 7) is 2.02. The Hall–Kier alpha value is -1.92. The lowest BCUT2D eigenvalue weighted by molar-refractivity contribution is 0.415. The first-order valence-electron chi connectivity index (χ1n) is 6.76. The quantitative estimate of drug-likeness (QED) is 0.656. The van der Waals surface area contributed by atoms with E-state index in [4.69, 9.17) is 4.74 Å². The molecule has 0 aliphatic rings. The van der Waals surface area contributed by atoms with Crippen LogP contribution >= 0.6 is 23.1 Å². The van der Waals surface area contributed by atoms with Gasteiger partial charge >= 0.3 is 0 Å². The van der Waals surface area contributed by atoms with Crippen LogP contribution in [0.25, 0.3) is 11.3 Å². The third kappa shape index (κ3) is 3.64. The molecule has 0 N–H and O–H groups in total. The summed E-state index contributed by atoms with van der Waals surface area (Å²) in [5.41, 5.74) is 2.98. The Kier molecular flexibility index (Phi) is 4.70. The van der Waals surface area contributed by atoms with E-state index in [1.807, 2.05) is 43.3 Å². The number of benzene rings is 1. The highest BCUT2D eigenvalue weighted by Crippen LogP contribution is 2.24. The molecule has 3 rings (SSSR count). The molecule has 0 fully saturated rings. The molecule has 3 aromatic rings. The minimum absolute atomic E-state index is 0.820. The first-order chi connectivity index (χ1) is 10.7. The van der Waals surface area contributed by atoms with Crippen molar-refractivity contribution in [1.82, 2.24) is 15.2 Å². The molecular formula is C16H15N3OS2. The number of aromatic nitrogens is 3. The van der Waals surface area contributed by atoms with Gasteiger partial charge < -0.3 is 4.74 Å². The van der Waals surface area contributed by atoms with Crippen LogP contribution < -0.4 is 4.74 Å². The number of nitrogens with zero attached hydrogens (tertiary/aromatic N) is 3. The zero-order chi connectivity index (χ0) is 15.4. The van der Waals surface area contributed by atoms with Crippen molar-refractivity contribution in [2.75, 3.05) is 7.11 Å². The van der Waals surface area contributed by atoms with Crippen LogP contribution in [0.4, 0.5) is 0 Å². The first kappa shape index (κ1) is 15.0. The van der Waals surface area contributed by atoms with Gasteiger partial charge in [-0.25, -0.2) is 4.98 Å². The van der Waals surface area contributed by atoms with Gasteiger partial charge in [0.2, 0.25) is 0 Å². The van der Waals surface area contributed by atoms with E-state index in [9.17, 15) is 0 Å². The molecule has 112 valence electrons. The number of hydrogen-bond donors (Lipinski definition) is 0. The van der Waals surface area contributed by atoms with E-state index in [0.717, 1.165) is 38.5 Å². The largest absolute Gasteiger partial charge is 0.497 e. The van der Waals surface area contributed by atoms with Crippen LogP contribution in [-0.2, 0) is 5.75 Å². The average Bonchev–Trinajstić information content (AvgIpc) is 2.99. The van der Waals surface area contributed by atoms with Gasteiger partial charge in [0.25, 0.3) is 0 Å². The fourth-order valence-corrected chi connectivity index (χ4v) is 3.36. The molecule has 0 saturated heterocycles. The summed E-state index contributed by atoms with van der Waals surface area (Å²) >= 11 is 3.32. The molecule has 0 atom stereocenters. The van der Waals surface area contributed by atoms with Crippen molar-refractivity contribution in [3.8, 4) is 17.0 Å². The van der Waals surface area contributed by atoms with E-state index < -0.39 is 0 Å². The summed E-state index contributed by atoms with van der Waals surface area (Å²) in [6, 6.07) is 11.8. The molecule has 0 amide bonds. The normalized spacial score (nSPS) is 10.6. The monoisotopic (exact) mass is 329 g/mol. The third-order valence-electron chi connectivity index (χ3n) is 3.06. The summed E-state index contributed by atoms with van der Waals surface area (Å²) in [6.07, 6.45) is 0. The zero-order valence-electron chi connectivity index (χ0n) is 12.3. The second-order valence-corrected chi connectivity index (χ2v) is 6.69. The van der Waals surface area contributed by atoms with Gasteiger partial charge in [-0.1, -0.05) is 11.8 Å². The fraction of sp³-hybridized carbons (Fsp3) is 0.188. The molecule has 0 aliphatic heterocycles. The lowest BCUT2D eigenvalue weighted by Crippen LogP contribution is -1.90. The molecule has 2 heterocycles. The lowest BCUT2D eigenvalue weighted by Gasteiger charge is -2.03. The van der Waals surface area contributed by atoms with E-state index in [2.05, 4.69) is 20.6 Å². The molecular weight excluding hydrogens is 314 g/mol. The maximum absolute atomic E-state index is 5.16. The predicted molar refractivity (Wildman–Crippen MR) is 90.4 cm³/mol. The molecule has 2 aromatic heterocycles. The second kappa shape index (κ2) is 6.89. The molecule has 4 nitrogen and oxygen atoms in total. The number of thioether (sulfide) groups is 1. The topological polar surface area (TPSA) is 47.9 Å². The number of aryl methyl sites for hydroxylation is 1. The van der Waals surface area contributed by atoms with Crippen LogP contribution in [0.1, 0.15) is 10.7 Å². The summed E-state index contributed by atoms with van der Waals surface area (Å²) in [5.74, 6) is 1.66. The van der Waals surface area contributed by atoms with E-state index >= 15 is 0 Å². The average molecular weight is 329 g/mol. The molecule has 6 heteroatoms. The third-order valence-corrected chi connectivity index (χ3v) is 4.84. The predicted octanol–water partition coefficient (Wildman–Crippen LogP) is 4.21. The standard InChI is InChI=1S/C16H15N3OS2/c1-11-17-13(9-21-11)10-22-16-8-7-15(18-19-16)12-3-5-14(20-2)6-4-12/h3-9H,10H2,1-2H3. The Morgan fingerprint density at radius 2 is 1.91 bits per heavy atom. The number of rotatable bonds is 5. The maximum atomic E-state index is 5.16. The molecule has 0 bridgehead atoms.